The maximum atomic E-state index is 13.1. The zero-order chi connectivity index (χ0) is 22.5. The van der Waals surface area contributed by atoms with Gasteiger partial charge in [-0.2, -0.15) is 0 Å². The number of hydrazine groups is 1. The number of likely N-dealkylation sites (N-methyl/N-ethyl adjacent to an activating group) is 1. The van der Waals surface area contributed by atoms with E-state index in [4.69, 9.17) is 4.74 Å². The number of rotatable bonds is 7. The summed E-state index contributed by atoms with van der Waals surface area (Å²) in [6.45, 7) is 3.16. The monoisotopic (exact) mass is 435 g/mol. The van der Waals surface area contributed by atoms with Crippen LogP contribution in [-0.4, -0.2) is 90.3 Å². The van der Waals surface area contributed by atoms with E-state index in [1.54, 1.807) is 41.1 Å². The molecule has 1 aromatic carbocycles. The van der Waals surface area contributed by atoms with Crippen molar-refractivity contribution in [2.75, 3.05) is 40.4 Å². The van der Waals surface area contributed by atoms with Gasteiger partial charge < -0.3 is 19.9 Å². The number of hydrogen-bond donors (Lipinski definition) is 1. The van der Waals surface area contributed by atoms with Crippen molar-refractivity contribution in [2.45, 2.75) is 38.5 Å². The SMILES string of the molecule is CCC[C@H]1C(=O)N(CCOC)CC2N1C(=O)CN(C)N2C(=O)NCc1ccc(F)cc1. The van der Waals surface area contributed by atoms with E-state index in [-0.39, 0.29) is 43.3 Å². The van der Waals surface area contributed by atoms with Gasteiger partial charge in [0.25, 0.3) is 0 Å². The highest BCUT2D eigenvalue weighted by Crippen LogP contribution is 2.27. The third-order valence-electron chi connectivity index (χ3n) is 5.63. The van der Waals surface area contributed by atoms with Crippen LogP contribution in [0.1, 0.15) is 25.3 Å². The van der Waals surface area contributed by atoms with Gasteiger partial charge >= 0.3 is 6.03 Å². The summed E-state index contributed by atoms with van der Waals surface area (Å²) >= 11 is 0. The first-order valence-corrected chi connectivity index (χ1v) is 10.5. The number of carbonyl (C=O) groups is 3. The number of methoxy groups -OCH3 is 1. The van der Waals surface area contributed by atoms with Crippen molar-refractivity contribution in [1.29, 1.82) is 0 Å². The summed E-state index contributed by atoms with van der Waals surface area (Å²) in [5, 5.41) is 5.92. The zero-order valence-electron chi connectivity index (χ0n) is 18.2. The smallest absolute Gasteiger partial charge is 0.334 e. The Bertz CT molecular complexity index is 805. The Balaban J connectivity index is 1.81. The average molecular weight is 436 g/mol. The van der Waals surface area contributed by atoms with Crippen molar-refractivity contribution in [3.8, 4) is 0 Å². The molecule has 0 aliphatic carbocycles. The van der Waals surface area contributed by atoms with Crippen LogP contribution < -0.4 is 5.32 Å². The molecule has 0 radical (unpaired) electrons. The molecular weight excluding hydrogens is 405 g/mol. The molecule has 2 aliphatic rings. The van der Waals surface area contributed by atoms with E-state index in [2.05, 4.69) is 5.32 Å². The molecule has 3 rings (SSSR count). The first-order chi connectivity index (χ1) is 14.9. The fourth-order valence-electron chi connectivity index (χ4n) is 4.12. The van der Waals surface area contributed by atoms with E-state index in [9.17, 15) is 18.8 Å². The van der Waals surface area contributed by atoms with Crippen LogP contribution in [0.5, 0.6) is 0 Å². The molecule has 1 unspecified atom stereocenters. The second kappa shape index (κ2) is 10.1. The van der Waals surface area contributed by atoms with Crippen LogP contribution in [-0.2, 0) is 20.9 Å². The molecule has 2 atom stereocenters. The van der Waals surface area contributed by atoms with Gasteiger partial charge in [0, 0.05) is 27.2 Å². The molecule has 9 nitrogen and oxygen atoms in total. The molecule has 0 aromatic heterocycles. The number of benzene rings is 1. The van der Waals surface area contributed by atoms with Crippen LogP contribution in [0.25, 0.3) is 0 Å². The lowest BCUT2D eigenvalue weighted by molar-refractivity contribution is -0.187. The molecule has 0 bridgehead atoms. The molecule has 2 heterocycles. The van der Waals surface area contributed by atoms with Crippen molar-refractivity contribution in [1.82, 2.24) is 25.1 Å². The van der Waals surface area contributed by atoms with Crippen molar-refractivity contribution >= 4 is 17.8 Å². The minimum absolute atomic E-state index is 0.00599. The van der Waals surface area contributed by atoms with Crippen LogP contribution in [0.3, 0.4) is 0 Å². The van der Waals surface area contributed by atoms with Gasteiger partial charge in [-0.25, -0.2) is 19.2 Å². The van der Waals surface area contributed by atoms with E-state index in [1.807, 2.05) is 6.92 Å². The summed E-state index contributed by atoms with van der Waals surface area (Å²) < 4.78 is 18.3. The largest absolute Gasteiger partial charge is 0.383 e. The first-order valence-electron chi connectivity index (χ1n) is 10.5. The third-order valence-corrected chi connectivity index (χ3v) is 5.63. The fourth-order valence-corrected chi connectivity index (χ4v) is 4.12. The standard InChI is InChI=1S/C21H30FN5O4/c1-4-5-17-20(29)25(10-11-31-3)13-18-26(17)19(28)14-24(2)27(18)21(30)23-12-15-6-8-16(22)9-7-15/h6-9,17-18H,4-5,10-14H2,1-3H3,(H,23,30)/t17-,18?/m0/s1. The highest BCUT2D eigenvalue weighted by atomic mass is 19.1. The molecule has 10 heteroatoms. The number of amides is 4. The molecule has 170 valence electrons. The zero-order valence-corrected chi connectivity index (χ0v) is 18.2. The second-order valence-corrected chi connectivity index (χ2v) is 7.81. The van der Waals surface area contributed by atoms with Gasteiger partial charge in [0.2, 0.25) is 11.8 Å². The lowest BCUT2D eigenvalue weighted by atomic mass is 10.0. The van der Waals surface area contributed by atoms with Gasteiger partial charge in [-0.05, 0) is 24.1 Å². The van der Waals surface area contributed by atoms with Crippen LogP contribution in [0.15, 0.2) is 24.3 Å². The maximum Gasteiger partial charge on any atom is 0.334 e. The second-order valence-electron chi connectivity index (χ2n) is 7.81. The highest BCUT2D eigenvalue weighted by Gasteiger charge is 2.50. The molecule has 2 saturated heterocycles. The topological polar surface area (TPSA) is 85.4 Å². The van der Waals surface area contributed by atoms with E-state index < -0.39 is 12.2 Å². The van der Waals surface area contributed by atoms with Crippen LogP contribution >= 0.6 is 0 Å². The molecule has 1 N–H and O–H groups in total. The highest BCUT2D eigenvalue weighted by molar-refractivity contribution is 5.91. The van der Waals surface area contributed by atoms with Crippen molar-refractivity contribution in [2.24, 2.45) is 0 Å². The van der Waals surface area contributed by atoms with Gasteiger partial charge in [0.05, 0.1) is 19.7 Å². The minimum Gasteiger partial charge on any atom is -0.383 e. The fraction of sp³-hybridized carbons (Fsp3) is 0.571. The normalized spacial score (nSPS) is 22.0. The summed E-state index contributed by atoms with van der Waals surface area (Å²) in [6, 6.07) is 4.90. The minimum atomic E-state index is -0.606. The number of ether oxygens (including phenoxy) is 1. The number of nitrogens with one attached hydrogen (secondary N) is 1. The van der Waals surface area contributed by atoms with Gasteiger partial charge in [-0.3, -0.25) is 9.59 Å². The Labute approximate surface area is 181 Å². The number of fused-ring (bicyclic) bond motifs is 1. The summed E-state index contributed by atoms with van der Waals surface area (Å²) in [4.78, 5) is 42.2. The molecule has 31 heavy (non-hydrogen) atoms. The number of halogens is 1. The van der Waals surface area contributed by atoms with E-state index in [0.29, 0.717) is 19.6 Å². The van der Waals surface area contributed by atoms with Crippen LogP contribution in [0.4, 0.5) is 9.18 Å². The van der Waals surface area contributed by atoms with Gasteiger partial charge in [0.1, 0.15) is 18.0 Å². The quantitative estimate of drug-likeness (QED) is 0.691. The van der Waals surface area contributed by atoms with Crippen molar-refractivity contribution in [3.63, 3.8) is 0 Å². The van der Waals surface area contributed by atoms with Gasteiger partial charge in [0.15, 0.2) is 0 Å². The molecule has 4 amide bonds. The number of piperazine rings is 1. The van der Waals surface area contributed by atoms with Gasteiger partial charge in [-0.1, -0.05) is 25.5 Å². The maximum absolute atomic E-state index is 13.1. The average Bonchev–Trinajstić information content (AvgIpc) is 2.74. The van der Waals surface area contributed by atoms with Crippen molar-refractivity contribution < 1.29 is 23.5 Å². The molecular formula is C21H30FN5O4. The van der Waals surface area contributed by atoms with Crippen molar-refractivity contribution in [3.05, 3.63) is 35.6 Å². The number of hydrogen-bond acceptors (Lipinski definition) is 5. The molecule has 2 fully saturated rings. The number of urea groups is 1. The predicted molar refractivity (Wildman–Crippen MR) is 111 cm³/mol. The number of carbonyl (C=O) groups excluding carboxylic acids is 3. The first kappa shape index (κ1) is 23.0. The summed E-state index contributed by atoms with van der Waals surface area (Å²) in [5.74, 6) is -0.627. The Morgan fingerprint density at radius 1 is 1.26 bits per heavy atom. The van der Waals surface area contributed by atoms with E-state index in [1.165, 1.54) is 17.1 Å². The van der Waals surface area contributed by atoms with E-state index in [0.717, 1.165) is 12.0 Å². The Morgan fingerprint density at radius 3 is 2.61 bits per heavy atom. The number of nitrogens with zero attached hydrogens (tertiary/aromatic N) is 4. The summed E-state index contributed by atoms with van der Waals surface area (Å²) in [7, 11) is 3.24. The summed E-state index contributed by atoms with van der Waals surface area (Å²) in [6.07, 6.45) is 0.655. The summed E-state index contributed by atoms with van der Waals surface area (Å²) in [5.41, 5.74) is 0.756. The van der Waals surface area contributed by atoms with Gasteiger partial charge in [-0.15, -0.1) is 0 Å². The molecule has 0 spiro atoms. The molecule has 1 aromatic rings. The lowest BCUT2D eigenvalue weighted by Gasteiger charge is -2.54. The Morgan fingerprint density at radius 2 is 1.97 bits per heavy atom. The van der Waals surface area contributed by atoms with Crippen LogP contribution in [0, 0.1) is 5.82 Å². The predicted octanol–water partition coefficient (Wildman–Crippen LogP) is 1.01. The van der Waals surface area contributed by atoms with E-state index >= 15 is 0 Å². The molecule has 2 aliphatic heterocycles. The van der Waals surface area contributed by atoms with Crippen LogP contribution in [0.2, 0.25) is 0 Å². The Hall–Kier alpha value is -2.72. The lowest BCUT2D eigenvalue weighted by Crippen LogP contribution is -2.76. The Kier molecular flexibility index (Phi) is 7.45. The molecule has 0 saturated carbocycles. The third kappa shape index (κ3) is 4.96.